The van der Waals surface area contributed by atoms with Crippen molar-refractivity contribution in [3.63, 3.8) is 0 Å². The highest BCUT2D eigenvalue weighted by atomic mass is 16.2. The molecule has 2 rings (SSSR count). The largest absolute Gasteiger partial charge is 0.366 e. The van der Waals surface area contributed by atoms with Gasteiger partial charge in [0.15, 0.2) is 5.69 Å². The van der Waals surface area contributed by atoms with Crippen molar-refractivity contribution in [2.75, 3.05) is 18.9 Å². The zero-order chi connectivity index (χ0) is 15.1. The van der Waals surface area contributed by atoms with E-state index in [9.17, 15) is 4.79 Å². The van der Waals surface area contributed by atoms with Gasteiger partial charge in [0.05, 0.1) is 0 Å². The van der Waals surface area contributed by atoms with Crippen LogP contribution >= 0.6 is 0 Å². The molecule has 0 radical (unpaired) electrons. The van der Waals surface area contributed by atoms with Crippen LogP contribution in [0.25, 0.3) is 0 Å². The van der Waals surface area contributed by atoms with E-state index in [1.807, 2.05) is 13.1 Å². The van der Waals surface area contributed by atoms with Gasteiger partial charge in [-0.25, -0.2) is 0 Å². The van der Waals surface area contributed by atoms with E-state index in [0.29, 0.717) is 11.7 Å². The van der Waals surface area contributed by atoms with Gasteiger partial charge in [0.2, 0.25) is 0 Å². The van der Waals surface area contributed by atoms with Crippen LogP contribution in [0.3, 0.4) is 0 Å². The first-order valence-corrected chi connectivity index (χ1v) is 8.06. The third-order valence-corrected chi connectivity index (χ3v) is 4.03. The van der Waals surface area contributed by atoms with Gasteiger partial charge in [-0.3, -0.25) is 4.79 Å². The lowest BCUT2D eigenvalue weighted by molar-refractivity contribution is 0.0786. The lowest BCUT2D eigenvalue weighted by Crippen LogP contribution is -2.29. The fourth-order valence-electron chi connectivity index (χ4n) is 2.67. The summed E-state index contributed by atoms with van der Waals surface area (Å²) in [6.45, 7) is 2.88. The van der Waals surface area contributed by atoms with Crippen molar-refractivity contribution in [3.05, 3.63) is 17.8 Å². The van der Waals surface area contributed by atoms with Crippen molar-refractivity contribution < 1.29 is 4.79 Å². The number of amides is 1. The second-order valence-electron chi connectivity index (χ2n) is 5.86. The predicted molar refractivity (Wildman–Crippen MR) is 84.4 cm³/mol. The summed E-state index contributed by atoms with van der Waals surface area (Å²) < 4.78 is 0. The van der Waals surface area contributed by atoms with Crippen LogP contribution in [0.15, 0.2) is 12.1 Å². The molecule has 0 spiro atoms. The van der Waals surface area contributed by atoms with Crippen LogP contribution in [0.1, 0.15) is 62.4 Å². The van der Waals surface area contributed by atoms with Crippen LogP contribution in [0.5, 0.6) is 0 Å². The Bertz CT molecular complexity index is 440. The van der Waals surface area contributed by atoms with E-state index in [0.717, 1.165) is 25.2 Å². The van der Waals surface area contributed by atoms with Crippen LogP contribution in [0.2, 0.25) is 0 Å². The fraction of sp³-hybridized carbons (Fsp3) is 0.688. The Labute approximate surface area is 127 Å². The summed E-state index contributed by atoms with van der Waals surface area (Å²) in [6.07, 6.45) is 8.38. The number of nitrogens with zero attached hydrogens (tertiary/aromatic N) is 3. The van der Waals surface area contributed by atoms with Crippen molar-refractivity contribution in [2.45, 2.75) is 57.9 Å². The van der Waals surface area contributed by atoms with E-state index >= 15 is 0 Å². The van der Waals surface area contributed by atoms with Gasteiger partial charge in [0.1, 0.15) is 5.82 Å². The van der Waals surface area contributed by atoms with Gasteiger partial charge in [-0.1, -0.05) is 32.6 Å². The quantitative estimate of drug-likeness (QED) is 0.874. The van der Waals surface area contributed by atoms with Gasteiger partial charge in [-0.15, -0.1) is 10.2 Å². The summed E-state index contributed by atoms with van der Waals surface area (Å²) in [7, 11) is 1.81. The molecule has 0 saturated heterocycles. The zero-order valence-electron chi connectivity index (χ0n) is 13.1. The average molecular weight is 290 g/mol. The number of carbonyl (C=O) groups excluding carboxylic acids is 1. The van der Waals surface area contributed by atoms with Crippen LogP contribution < -0.4 is 5.32 Å². The van der Waals surface area contributed by atoms with Crippen molar-refractivity contribution in [3.8, 4) is 0 Å². The highest BCUT2D eigenvalue weighted by molar-refractivity contribution is 5.92. The third-order valence-electron chi connectivity index (χ3n) is 4.03. The molecule has 1 aliphatic carbocycles. The fourth-order valence-corrected chi connectivity index (χ4v) is 2.67. The molecule has 0 bridgehead atoms. The van der Waals surface area contributed by atoms with Crippen molar-refractivity contribution in [1.82, 2.24) is 15.1 Å². The highest BCUT2D eigenvalue weighted by Crippen LogP contribution is 2.20. The Morgan fingerprint density at radius 2 is 2.05 bits per heavy atom. The van der Waals surface area contributed by atoms with Gasteiger partial charge in [-0.05, 0) is 31.4 Å². The van der Waals surface area contributed by atoms with E-state index < -0.39 is 0 Å². The van der Waals surface area contributed by atoms with Crippen LogP contribution in [-0.4, -0.2) is 40.6 Å². The maximum Gasteiger partial charge on any atom is 0.274 e. The standard InChI is InChI=1S/C16H26N4O/c1-3-4-12-20(2)16(21)14-10-11-15(19-18-14)17-13-8-6-5-7-9-13/h10-11,13H,3-9,12H2,1-2H3,(H,17,19). The molecule has 1 heterocycles. The third kappa shape index (κ3) is 4.69. The molecule has 0 aliphatic heterocycles. The first-order valence-electron chi connectivity index (χ1n) is 8.06. The molecule has 5 nitrogen and oxygen atoms in total. The first-order chi connectivity index (χ1) is 10.2. The minimum absolute atomic E-state index is 0.0554. The molecule has 0 aromatic carbocycles. The average Bonchev–Trinajstić information content (AvgIpc) is 2.53. The molecular formula is C16H26N4O. The lowest BCUT2D eigenvalue weighted by Gasteiger charge is -2.23. The molecule has 21 heavy (non-hydrogen) atoms. The van der Waals surface area contributed by atoms with Gasteiger partial charge in [-0.2, -0.15) is 0 Å². The normalized spacial score (nSPS) is 15.7. The summed E-state index contributed by atoms with van der Waals surface area (Å²) in [6, 6.07) is 4.13. The van der Waals surface area contributed by atoms with Crippen molar-refractivity contribution in [2.24, 2.45) is 0 Å². The zero-order valence-corrected chi connectivity index (χ0v) is 13.1. The van der Waals surface area contributed by atoms with E-state index in [2.05, 4.69) is 22.4 Å². The molecule has 1 aliphatic rings. The van der Waals surface area contributed by atoms with Crippen LogP contribution in [0, 0.1) is 0 Å². The van der Waals surface area contributed by atoms with Crippen LogP contribution in [-0.2, 0) is 0 Å². The summed E-state index contributed by atoms with van der Waals surface area (Å²) >= 11 is 0. The number of carbonyl (C=O) groups is 1. The van der Waals surface area contributed by atoms with Gasteiger partial charge in [0, 0.05) is 19.6 Å². The van der Waals surface area contributed by atoms with Gasteiger partial charge >= 0.3 is 0 Å². The maximum absolute atomic E-state index is 12.2. The molecule has 1 N–H and O–H groups in total. The Kier molecular flexibility index (Phi) is 5.96. The molecule has 1 fully saturated rings. The first kappa shape index (κ1) is 15.7. The van der Waals surface area contributed by atoms with Crippen molar-refractivity contribution in [1.29, 1.82) is 0 Å². The van der Waals surface area contributed by atoms with E-state index in [1.54, 1.807) is 11.0 Å². The van der Waals surface area contributed by atoms with E-state index in [-0.39, 0.29) is 5.91 Å². The molecule has 0 atom stereocenters. The molecule has 1 aromatic heterocycles. The topological polar surface area (TPSA) is 58.1 Å². The monoisotopic (exact) mass is 290 g/mol. The molecule has 0 unspecified atom stereocenters. The molecule has 116 valence electrons. The minimum Gasteiger partial charge on any atom is -0.366 e. The van der Waals surface area contributed by atoms with Crippen LogP contribution in [0.4, 0.5) is 5.82 Å². The number of hydrogen-bond acceptors (Lipinski definition) is 4. The smallest absolute Gasteiger partial charge is 0.274 e. The summed E-state index contributed by atoms with van der Waals surface area (Å²) in [4.78, 5) is 13.9. The second-order valence-corrected chi connectivity index (χ2v) is 5.86. The number of unbranched alkanes of at least 4 members (excludes halogenated alkanes) is 1. The predicted octanol–water partition coefficient (Wildman–Crippen LogP) is 3.09. The Balaban J connectivity index is 1.90. The van der Waals surface area contributed by atoms with Crippen molar-refractivity contribution >= 4 is 11.7 Å². The number of aromatic nitrogens is 2. The molecular weight excluding hydrogens is 264 g/mol. The maximum atomic E-state index is 12.2. The molecule has 1 aromatic rings. The summed E-state index contributed by atoms with van der Waals surface area (Å²) in [5.41, 5.74) is 0.419. The second kappa shape index (κ2) is 7.96. The number of anilines is 1. The number of nitrogens with one attached hydrogen (secondary N) is 1. The van der Waals surface area contributed by atoms with Gasteiger partial charge in [0.25, 0.3) is 5.91 Å². The molecule has 1 saturated carbocycles. The molecule has 5 heteroatoms. The SMILES string of the molecule is CCCCN(C)C(=O)c1ccc(NC2CCCCC2)nn1. The summed E-state index contributed by atoms with van der Waals surface area (Å²) in [5.74, 6) is 0.717. The lowest BCUT2D eigenvalue weighted by atomic mass is 9.95. The minimum atomic E-state index is -0.0554. The Morgan fingerprint density at radius 1 is 1.29 bits per heavy atom. The number of rotatable bonds is 6. The van der Waals surface area contributed by atoms with E-state index in [1.165, 1.54) is 32.1 Å². The Hall–Kier alpha value is -1.65. The number of hydrogen-bond donors (Lipinski definition) is 1. The summed E-state index contributed by atoms with van der Waals surface area (Å²) in [5, 5.41) is 11.6. The Morgan fingerprint density at radius 3 is 2.67 bits per heavy atom. The molecule has 1 amide bonds. The van der Waals surface area contributed by atoms with Gasteiger partial charge < -0.3 is 10.2 Å². The van der Waals surface area contributed by atoms with E-state index in [4.69, 9.17) is 0 Å². The highest BCUT2D eigenvalue weighted by Gasteiger charge is 2.16.